The summed E-state index contributed by atoms with van der Waals surface area (Å²) in [5.74, 6) is 0. The number of nitrogens with one attached hydrogen (secondary N) is 2. The van der Waals surface area contributed by atoms with Gasteiger partial charge in [0.1, 0.15) is 12.2 Å². The van der Waals surface area contributed by atoms with Crippen LogP contribution >= 0.6 is 11.3 Å². The fourth-order valence-electron chi connectivity index (χ4n) is 3.75. The molecular formula is C24H25N3O4S. The van der Waals surface area contributed by atoms with E-state index in [0.29, 0.717) is 25.8 Å². The van der Waals surface area contributed by atoms with Crippen molar-refractivity contribution in [2.24, 2.45) is 0 Å². The quantitative estimate of drug-likeness (QED) is 0.538. The molecule has 3 aromatic rings. The van der Waals surface area contributed by atoms with Crippen LogP contribution in [0.15, 0.2) is 72.4 Å². The molecule has 166 valence electrons. The van der Waals surface area contributed by atoms with Gasteiger partial charge in [-0.2, -0.15) is 0 Å². The van der Waals surface area contributed by atoms with Crippen LogP contribution in [0.5, 0.6) is 0 Å². The van der Waals surface area contributed by atoms with Crippen molar-refractivity contribution in [3.63, 3.8) is 0 Å². The minimum atomic E-state index is -0.608. The third-order valence-electron chi connectivity index (χ3n) is 5.27. The van der Waals surface area contributed by atoms with Gasteiger partial charge in [-0.15, -0.1) is 11.3 Å². The Labute approximate surface area is 190 Å². The largest absolute Gasteiger partial charge is 0.442 e. The highest BCUT2D eigenvalue weighted by Gasteiger charge is 2.36. The van der Waals surface area contributed by atoms with Gasteiger partial charge in [0.15, 0.2) is 0 Å². The Kier molecular flexibility index (Phi) is 7.34. The number of amides is 2. The first kappa shape index (κ1) is 21.8. The molecule has 32 heavy (non-hydrogen) atoms. The summed E-state index contributed by atoms with van der Waals surface area (Å²) in [6.45, 7) is 0.337. The molecule has 7 nitrogen and oxygen atoms in total. The van der Waals surface area contributed by atoms with Crippen LogP contribution < -0.4 is 10.6 Å². The number of alkyl carbamates (subject to hydrolysis) is 2. The molecule has 2 amide bonds. The van der Waals surface area contributed by atoms with Crippen LogP contribution in [0, 0.1) is 0 Å². The second kappa shape index (κ2) is 10.8. The van der Waals surface area contributed by atoms with Crippen LogP contribution in [-0.2, 0) is 28.9 Å². The van der Waals surface area contributed by atoms with Gasteiger partial charge >= 0.3 is 12.2 Å². The minimum absolute atomic E-state index is 0.106. The highest BCUT2D eigenvalue weighted by atomic mass is 32.1. The number of aromatic nitrogens is 1. The lowest BCUT2D eigenvalue weighted by molar-refractivity contribution is -0.0312. The van der Waals surface area contributed by atoms with E-state index < -0.39 is 24.4 Å². The van der Waals surface area contributed by atoms with Crippen LogP contribution in [0.3, 0.4) is 0 Å². The van der Waals surface area contributed by atoms with Gasteiger partial charge in [0.25, 0.3) is 0 Å². The average Bonchev–Trinajstić information content (AvgIpc) is 3.32. The summed E-state index contributed by atoms with van der Waals surface area (Å²) in [6, 6.07) is 19.6. The third kappa shape index (κ3) is 6.31. The van der Waals surface area contributed by atoms with Crippen molar-refractivity contribution in [3.8, 4) is 0 Å². The van der Waals surface area contributed by atoms with E-state index in [-0.39, 0.29) is 6.04 Å². The molecule has 8 heteroatoms. The van der Waals surface area contributed by atoms with Crippen molar-refractivity contribution in [3.05, 3.63) is 88.4 Å². The molecule has 1 fully saturated rings. The van der Waals surface area contributed by atoms with Crippen LogP contribution in [0.25, 0.3) is 0 Å². The summed E-state index contributed by atoms with van der Waals surface area (Å²) in [4.78, 5) is 29.8. The molecule has 1 saturated heterocycles. The van der Waals surface area contributed by atoms with E-state index in [1.165, 1.54) is 11.3 Å². The van der Waals surface area contributed by atoms with Gasteiger partial charge in [0.05, 0.1) is 12.1 Å². The summed E-state index contributed by atoms with van der Waals surface area (Å²) in [5, 5.41) is 5.64. The first-order valence-corrected chi connectivity index (χ1v) is 11.4. The molecule has 1 aliphatic heterocycles. The fraction of sp³-hybridized carbons (Fsp3) is 0.292. The summed E-state index contributed by atoms with van der Waals surface area (Å²) >= 11 is 1.46. The molecular weight excluding hydrogens is 426 g/mol. The van der Waals surface area contributed by atoms with Crippen molar-refractivity contribution in [2.45, 2.75) is 44.1 Å². The Morgan fingerprint density at radius 1 is 1.16 bits per heavy atom. The van der Waals surface area contributed by atoms with Gasteiger partial charge in [-0.3, -0.25) is 4.98 Å². The van der Waals surface area contributed by atoms with Gasteiger partial charge in [-0.05, 0) is 17.5 Å². The number of carbonyl (C=O) groups excluding carboxylic acids is 2. The summed E-state index contributed by atoms with van der Waals surface area (Å²) in [6.07, 6.45) is 1.18. The molecule has 2 unspecified atom stereocenters. The molecule has 4 rings (SSSR count). The number of nitrogens with zero attached hydrogens (tertiary/aromatic N) is 1. The second-order valence-electron chi connectivity index (χ2n) is 7.67. The maximum absolute atomic E-state index is 12.5. The zero-order chi connectivity index (χ0) is 22.2. The number of cyclic esters (lactones) is 1. The number of carbonyl (C=O) groups is 2. The molecule has 0 spiro atoms. The number of rotatable bonds is 8. The highest BCUT2D eigenvalue weighted by molar-refractivity contribution is 7.09. The number of thiazole rings is 1. The summed E-state index contributed by atoms with van der Waals surface area (Å²) < 4.78 is 11.3. The van der Waals surface area contributed by atoms with Crippen LogP contribution in [0.1, 0.15) is 22.4 Å². The van der Waals surface area contributed by atoms with Gasteiger partial charge < -0.3 is 20.1 Å². The van der Waals surface area contributed by atoms with E-state index in [4.69, 9.17) is 9.47 Å². The van der Waals surface area contributed by atoms with Gasteiger partial charge in [-0.1, -0.05) is 60.7 Å². The zero-order valence-electron chi connectivity index (χ0n) is 17.5. The molecule has 3 atom stereocenters. The lowest BCUT2D eigenvalue weighted by Gasteiger charge is -2.34. The molecule has 0 aliphatic carbocycles. The lowest BCUT2D eigenvalue weighted by atomic mass is 9.94. The maximum Gasteiger partial charge on any atom is 0.407 e. The Morgan fingerprint density at radius 3 is 2.56 bits per heavy atom. The van der Waals surface area contributed by atoms with Gasteiger partial charge in [0, 0.05) is 30.0 Å². The van der Waals surface area contributed by atoms with Crippen LogP contribution in [0.4, 0.5) is 9.59 Å². The molecule has 2 heterocycles. The van der Waals surface area contributed by atoms with E-state index in [2.05, 4.69) is 15.6 Å². The second-order valence-corrected chi connectivity index (χ2v) is 8.64. The predicted molar refractivity (Wildman–Crippen MR) is 121 cm³/mol. The SMILES string of the molecule is O=C1NC(Cc2ccccc2)CC([C@H](Cc2ccccc2)OC(=O)NCc2cncs2)O1. The smallest absolute Gasteiger partial charge is 0.407 e. The monoisotopic (exact) mass is 451 g/mol. The van der Waals surface area contributed by atoms with Gasteiger partial charge in [0.2, 0.25) is 0 Å². The highest BCUT2D eigenvalue weighted by Crippen LogP contribution is 2.22. The zero-order valence-corrected chi connectivity index (χ0v) is 18.3. The standard InChI is InChI=1S/C24H25N3O4S/c28-23(26-15-20-14-25-16-32-20)30-21(12-18-9-5-2-6-10-18)22-13-19(27-24(29)31-22)11-17-7-3-1-4-8-17/h1-10,14,16,19,21-22H,11-13,15H2,(H,26,28)(H,27,29)/t19?,21-,22?/m0/s1. The van der Waals surface area contributed by atoms with Crippen LogP contribution in [-0.4, -0.2) is 35.4 Å². The maximum atomic E-state index is 12.5. The van der Waals surface area contributed by atoms with E-state index in [9.17, 15) is 9.59 Å². The fourth-order valence-corrected chi connectivity index (χ4v) is 4.28. The molecule has 0 radical (unpaired) electrons. The molecule has 2 aromatic carbocycles. The first-order valence-electron chi connectivity index (χ1n) is 10.5. The molecule has 1 aromatic heterocycles. The predicted octanol–water partition coefficient (Wildman–Crippen LogP) is 4.09. The number of ether oxygens (including phenoxy) is 2. The lowest BCUT2D eigenvalue weighted by Crippen LogP contribution is -2.52. The molecule has 0 saturated carbocycles. The Balaban J connectivity index is 1.44. The van der Waals surface area contributed by atoms with Crippen molar-refractivity contribution >= 4 is 23.5 Å². The molecule has 0 bridgehead atoms. The molecule has 2 N–H and O–H groups in total. The minimum Gasteiger partial charge on any atom is -0.442 e. The topological polar surface area (TPSA) is 89.5 Å². The van der Waals surface area contributed by atoms with Crippen molar-refractivity contribution < 1.29 is 19.1 Å². The van der Waals surface area contributed by atoms with E-state index in [1.807, 2.05) is 60.7 Å². The summed E-state index contributed by atoms with van der Waals surface area (Å²) in [5.41, 5.74) is 3.84. The average molecular weight is 452 g/mol. The van der Waals surface area contributed by atoms with E-state index in [0.717, 1.165) is 16.0 Å². The normalized spacial score (nSPS) is 18.8. The number of hydrogen-bond acceptors (Lipinski definition) is 6. The Bertz CT molecular complexity index is 999. The van der Waals surface area contributed by atoms with Crippen molar-refractivity contribution in [1.82, 2.24) is 15.6 Å². The number of hydrogen-bond donors (Lipinski definition) is 2. The molecule has 1 aliphatic rings. The Morgan fingerprint density at radius 2 is 1.88 bits per heavy atom. The first-order chi connectivity index (χ1) is 15.7. The Hall–Kier alpha value is -3.39. The van der Waals surface area contributed by atoms with Crippen molar-refractivity contribution in [1.29, 1.82) is 0 Å². The van der Waals surface area contributed by atoms with Crippen molar-refractivity contribution in [2.75, 3.05) is 0 Å². The van der Waals surface area contributed by atoms with Crippen LogP contribution in [0.2, 0.25) is 0 Å². The summed E-state index contributed by atoms with van der Waals surface area (Å²) in [7, 11) is 0. The number of benzene rings is 2. The van der Waals surface area contributed by atoms with E-state index >= 15 is 0 Å². The van der Waals surface area contributed by atoms with E-state index in [1.54, 1.807) is 11.7 Å². The van der Waals surface area contributed by atoms with Gasteiger partial charge in [-0.25, -0.2) is 9.59 Å². The third-order valence-corrected chi connectivity index (χ3v) is 6.04.